The molecule has 68 valence electrons. The Morgan fingerprint density at radius 2 is 2.29 bits per heavy atom. The zero-order chi connectivity index (χ0) is 9.97. The van der Waals surface area contributed by atoms with E-state index in [4.69, 9.17) is 10.4 Å². The summed E-state index contributed by atoms with van der Waals surface area (Å²) in [6.07, 6.45) is 0.748. The number of aromatic amines is 1. The number of nitrogens with zero attached hydrogens (tertiary/aromatic N) is 2. The van der Waals surface area contributed by atoms with Gasteiger partial charge in [0.15, 0.2) is 5.82 Å². The van der Waals surface area contributed by atoms with Gasteiger partial charge in [-0.2, -0.15) is 5.26 Å². The molecule has 0 saturated heterocycles. The summed E-state index contributed by atoms with van der Waals surface area (Å²) < 4.78 is 0. The predicted molar refractivity (Wildman–Crippen MR) is 52.3 cm³/mol. The number of para-hydroxylation sites is 2. The number of aliphatic hydroxyl groups excluding tert-OH is 1. The fourth-order valence-electron chi connectivity index (χ4n) is 1.22. The Kier molecular flexibility index (Phi) is 1.92. The van der Waals surface area contributed by atoms with Crippen LogP contribution in [0.25, 0.3) is 16.6 Å². The molecule has 0 radical (unpaired) electrons. The van der Waals surface area contributed by atoms with Crippen molar-refractivity contribution in [3.63, 3.8) is 0 Å². The van der Waals surface area contributed by atoms with Gasteiger partial charge in [-0.15, -0.1) is 0 Å². The van der Waals surface area contributed by atoms with Crippen LogP contribution in [0, 0.1) is 11.3 Å². The van der Waals surface area contributed by atoms with Crippen molar-refractivity contribution in [2.75, 3.05) is 0 Å². The van der Waals surface area contributed by atoms with Crippen LogP contribution in [0.5, 0.6) is 0 Å². The van der Waals surface area contributed by atoms with E-state index in [1.54, 1.807) is 0 Å². The van der Waals surface area contributed by atoms with Crippen LogP contribution in [0.3, 0.4) is 0 Å². The number of H-pyrrole nitrogens is 1. The van der Waals surface area contributed by atoms with Gasteiger partial charge in [0.25, 0.3) is 0 Å². The van der Waals surface area contributed by atoms with Crippen molar-refractivity contribution in [2.24, 2.45) is 0 Å². The number of nitriles is 1. The van der Waals surface area contributed by atoms with E-state index in [9.17, 15) is 0 Å². The smallest absolute Gasteiger partial charge is 0.152 e. The molecule has 4 heteroatoms. The highest BCUT2D eigenvalue weighted by molar-refractivity contribution is 5.81. The van der Waals surface area contributed by atoms with Gasteiger partial charge in [-0.3, -0.25) is 0 Å². The van der Waals surface area contributed by atoms with Crippen LogP contribution in [-0.4, -0.2) is 15.1 Å². The van der Waals surface area contributed by atoms with Crippen LogP contribution in [0.4, 0.5) is 0 Å². The Bertz CT molecular complexity index is 501. The highest BCUT2D eigenvalue weighted by atomic mass is 16.2. The molecular weight excluding hydrogens is 178 g/mol. The lowest BCUT2D eigenvalue weighted by molar-refractivity contribution is 0.476. The Balaban J connectivity index is 2.62. The van der Waals surface area contributed by atoms with Crippen molar-refractivity contribution >= 4 is 16.6 Å². The van der Waals surface area contributed by atoms with E-state index in [-0.39, 0.29) is 5.57 Å². The molecule has 1 heterocycles. The molecule has 0 aliphatic carbocycles. The maximum atomic E-state index is 8.76. The molecular formula is C10H7N3O. The average Bonchev–Trinajstić information content (AvgIpc) is 2.63. The number of aliphatic hydroxyl groups is 1. The Hall–Kier alpha value is -2.28. The van der Waals surface area contributed by atoms with Crippen LogP contribution in [0.1, 0.15) is 5.82 Å². The molecule has 1 aromatic heterocycles. The molecule has 0 spiro atoms. The van der Waals surface area contributed by atoms with Crippen LogP contribution in [-0.2, 0) is 0 Å². The lowest BCUT2D eigenvalue weighted by Gasteiger charge is -1.86. The van der Waals surface area contributed by atoms with Gasteiger partial charge < -0.3 is 10.1 Å². The first-order valence-electron chi connectivity index (χ1n) is 4.05. The molecule has 4 nitrogen and oxygen atoms in total. The van der Waals surface area contributed by atoms with E-state index in [0.717, 1.165) is 17.3 Å². The minimum absolute atomic E-state index is 0.126. The van der Waals surface area contributed by atoms with Gasteiger partial charge in [-0.05, 0) is 12.1 Å². The van der Waals surface area contributed by atoms with Crippen molar-refractivity contribution in [1.82, 2.24) is 9.97 Å². The van der Waals surface area contributed by atoms with Crippen molar-refractivity contribution < 1.29 is 5.11 Å². The van der Waals surface area contributed by atoms with Gasteiger partial charge >= 0.3 is 0 Å². The van der Waals surface area contributed by atoms with Crippen molar-refractivity contribution in [3.05, 3.63) is 36.4 Å². The number of hydrogen-bond acceptors (Lipinski definition) is 3. The molecule has 2 rings (SSSR count). The number of allylic oxidation sites excluding steroid dienone is 1. The standard InChI is InChI=1S/C10H7N3O/c11-5-7(6-14)10-12-8-3-1-2-4-9(8)13-10/h1-4,6,14H,(H,12,13). The maximum Gasteiger partial charge on any atom is 0.152 e. The molecule has 0 bridgehead atoms. The summed E-state index contributed by atoms with van der Waals surface area (Å²) in [6.45, 7) is 0. The minimum Gasteiger partial charge on any atom is -0.514 e. The fraction of sp³-hybridized carbons (Fsp3) is 0. The van der Waals surface area contributed by atoms with Gasteiger partial charge in [-0.25, -0.2) is 4.98 Å². The zero-order valence-electron chi connectivity index (χ0n) is 7.23. The molecule has 1 aromatic carbocycles. The SMILES string of the molecule is N#CC(=CO)c1nc2ccccc2[nH]1. The van der Waals surface area contributed by atoms with Crippen molar-refractivity contribution in [2.45, 2.75) is 0 Å². The van der Waals surface area contributed by atoms with Crippen LogP contribution >= 0.6 is 0 Å². The fourth-order valence-corrected chi connectivity index (χ4v) is 1.22. The summed E-state index contributed by atoms with van der Waals surface area (Å²) in [4.78, 5) is 7.08. The topological polar surface area (TPSA) is 72.7 Å². The Labute approximate surface area is 80.1 Å². The number of nitrogens with one attached hydrogen (secondary N) is 1. The summed E-state index contributed by atoms with van der Waals surface area (Å²) >= 11 is 0. The van der Waals surface area contributed by atoms with Gasteiger partial charge in [0.1, 0.15) is 17.9 Å². The second-order valence-corrected chi connectivity index (χ2v) is 2.76. The van der Waals surface area contributed by atoms with E-state index >= 15 is 0 Å². The van der Waals surface area contributed by atoms with Gasteiger partial charge in [0.05, 0.1) is 11.0 Å². The first-order chi connectivity index (χ1) is 6.85. The second kappa shape index (κ2) is 3.23. The largest absolute Gasteiger partial charge is 0.514 e. The lowest BCUT2D eigenvalue weighted by Crippen LogP contribution is -1.83. The highest BCUT2D eigenvalue weighted by Gasteiger charge is 2.06. The molecule has 0 aliphatic rings. The minimum atomic E-state index is 0.126. The summed E-state index contributed by atoms with van der Waals surface area (Å²) in [6, 6.07) is 9.28. The average molecular weight is 185 g/mol. The van der Waals surface area contributed by atoms with E-state index in [1.165, 1.54) is 0 Å². The molecule has 0 saturated carbocycles. The van der Waals surface area contributed by atoms with Crippen LogP contribution in [0.2, 0.25) is 0 Å². The number of aromatic nitrogens is 2. The molecule has 0 fully saturated rings. The number of hydrogen-bond donors (Lipinski definition) is 2. The monoisotopic (exact) mass is 185 g/mol. The van der Waals surface area contributed by atoms with E-state index in [1.807, 2.05) is 30.3 Å². The first kappa shape index (κ1) is 8.32. The van der Waals surface area contributed by atoms with Gasteiger partial charge in [0, 0.05) is 0 Å². The molecule has 14 heavy (non-hydrogen) atoms. The van der Waals surface area contributed by atoms with Gasteiger partial charge in [-0.1, -0.05) is 12.1 Å². The molecule has 2 aromatic rings. The highest BCUT2D eigenvalue weighted by Crippen LogP contribution is 2.15. The van der Waals surface area contributed by atoms with Crippen LogP contribution < -0.4 is 0 Å². The molecule has 2 N–H and O–H groups in total. The Morgan fingerprint density at radius 1 is 1.50 bits per heavy atom. The lowest BCUT2D eigenvalue weighted by atomic mass is 10.3. The quantitative estimate of drug-likeness (QED) is 0.527. The second-order valence-electron chi connectivity index (χ2n) is 2.76. The number of benzene rings is 1. The van der Waals surface area contributed by atoms with E-state index in [0.29, 0.717) is 5.82 Å². The normalized spacial score (nSPS) is 11.5. The maximum absolute atomic E-state index is 8.76. The molecule has 0 aliphatic heterocycles. The third-order valence-electron chi connectivity index (χ3n) is 1.89. The van der Waals surface area contributed by atoms with Gasteiger partial charge in [0.2, 0.25) is 0 Å². The third-order valence-corrected chi connectivity index (χ3v) is 1.89. The molecule has 0 unspecified atom stereocenters. The zero-order valence-corrected chi connectivity index (χ0v) is 7.23. The van der Waals surface area contributed by atoms with E-state index < -0.39 is 0 Å². The predicted octanol–water partition coefficient (Wildman–Crippen LogP) is 1.99. The van der Waals surface area contributed by atoms with Crippen molar-refractivity contribution in [1.29, 1.82) is 5.26 Å². The molecule has 0 amide bonds. The summed E-state index contributed by atoms with van der Waals surface area (Å²) in [5, 5.41) is 17.4. The first-order valence-corrected chi connectivity index (χ1v) is 4.05. The Morgan fingerprint density at radius 3 is 2.93 bits per heavy atom. The number of fused-ring (bicyclic) bond motifs is 1. The number of imidazole rings is 1. The number of rotatable bonds is 1. The molecule has 0 atom stereocenters. The summed E-state index contributed by atoms with van der Waals surface area (Å²) in [7, 11) is 0. The third kappa shape index (κ3) is 1.21. The van der Waals surface area contributed by atoms with Crippen LogP contribution in [0.15, 0.2) is 30.5 Å². The summed E-state index contributed by atoms with van der Waals surface area (Å²) in [5.74, 6) is 0.385. The van der Waals surface area contributed by atoms with E-state index in [2.05, 4.69) is 9.97 Å². The summed E-state index contributed by atoms with van der Waals surface area (Å²) in [5.41, 5.74) is 1.75. The van der Waals surface area contributed by atoms with Crippen molar-refractivity contribution in [3.8, 4) is 6.07 Å².